The Morgan fingerprint density at radius 3 is 2.42 bits per heavy atom. The van der Waals surface area contributed by atoms with Crippen molar-refractivity contribution in [3.8, 4) is 0 Å². The van der Waals surface area contributed by atoms with Gasteiger partial charge in [0.1, 0.15) is 0 Å². The number of carbonyl (C=O) groups excluding carboxylic acids is 1. The van der Waals surface area contributed by atoms with E-state index in [-0.39, 0.29) is 11.2 Å². The van der Waals surface area contributed by atoms with E-state index in [1.807, 2.05) is 61.2 Å². The van der Waals surface area contributed by atoms with Crippen LogP contribution in [0.5, 0.6) is 0 Å². The minimum absolute atomic E-state index is 0.0357. The smallest absolute Gasteiger partial charge is 0.232 e. The van der Waals surface area contributed by atoms with Crippen molar-refractivity contribution in [1.82, 2.24) is 5.32 Å². The maximum absolute atomic E-state index is 12.1. The summed E-state index contributed by atoms with van der Waals surface area (Å²) >= 11 is 9.35. The van der Waals surface area contributed by atoms with E-state index < -0.39 is 0 Å². The molecule has 0 aliphatic heterocycles. The molecule has 0 spiro atoms. The Kier molecular flexibility index (Phi) is 8.57. The molecule has 1 atom stereocenters. The van der Waals surface area contributed by atoms with Gasteiger partial charge in [0.05, 0.1) is 5.25 Å². The predicted molar refractivity (Wildman–Crippen MR) is 108 cm³/mol. The molecule has 0 unspecified atom stereocenters. The standard InChI is InChI=1S/C19H22ClNOS2/c1-15(24-14-16-5-3-2-4-6-16)19(22)21-11-12-23-13-17-7-9-18(20)10-8-17/h2-10,15H,11-14H2,1H3,(H,21,22)/t15-/m1/s1. The van der Waals surface area contributed by atoms with Crippen molar-refractivity contribution in [2.45, 2.75) is 23.7 Å². The van der Waals surface area contributed by atoms with Gasteiger partial charge in [0.25, 0.3) is 0 Å². The van der Waals surface area contributed by atoms with Crippen LogP contribution in [0.25, 0.3) is 0 Å². The Labute approximate surface area is 157 Å². The first kappa shape index (κ1) is 19.2. The number of thioether (sulfide) groups is 2. The Bertz CT molecular complexity index is 619. The van der Waals surface area contributed by atoms with Crippen molar-refractivity contribution in [3.05, 3.63) is 70.7 Å². The van der Waals surface area contributed by atoms with E-state index in [9.17, 15) is 4.79 Å². The van der Waals surface area contributed by atoms with Crippen LogP contribution in [0.2, 0.25) is 5.02 Å². The van der Waals surface area contributed by atoms with Gasteiger partial charge < -0.3 is 5.32 Å². The zero-order valence-electron chi connectivity index (χ0n) is 13.7. The van der Waals surface area contributed by atoms with E-state index >= 15 is 0 Å². The molecule has 0 fully saturated rings. The molecule has 128 valence electrons. The van der Waals surface area contributed by atoms with Gasteiger partial charge in [0.2, 0.25) is 5.91 Å². The lowest BCUT2D eigenvalue weighted by molar-refractivity contribution is -0.120. The van der Waals surface area contributed by atoms with Crippen molar-refractivity contribution in [2.75, 3.05) is 12.3 Å². The van der Waals surface area contributed by atoms with Crippen molar-refractivity contribution < 1.29 is 4.79 Å². The Morgan fingerprint density at radius 1 is 1.04 bits per heavy atom. The first-order chi connectivity index (χ1) is 11.6. The quantitative estimate of drug-likeness (QED) is 0.621. The molecule has 2 rings (SSSR count). The molecule has 0 radical (unpaired) electrons. The Hall–Kier alpha value is -1.10. The molecule has 5 heteroatoms. The van der Waals surface area contributed by atoms with E-state index in [4.69, 9.17) is 11.6 Å². The van der Waals surface area contributed by atoms with Gasteiger partial charge in [-0.15, -0.1) is 11.8 Å². The number of halogens is 1. The molecule has 0 aromatic heterocycles. The second-order valence-electron chi connectivity index (χ2n) is 5.41. The number of nitrogens with one attached hydrogen (secondary N) is 1. The number of amides is 1. The van der Waals surface area contributed by atoms with Crippen LogP contribution in [0.3, 0.4) is 0 Å². The summed E-state index contributed by atoms with van der Waals surface area (Å²) in [5.74, 6) is 2.82. The zero-order valence-corrected chi connectivity index (χ0v) is 16.1. The van der Waals surface area contributed by atoms with Gasteiger partial charge in [-0.25, -0.2) is 0 Å². The fourth-order valence-corrected chi connectivity index (χ4v) is 3.85. The van der Waals surface area contributed by atoms with Crippen molar-refractivity contribution in [1.29, 1.82) is 0 Å². The SMILES string of the molecule is C[C@@H](SCc1ccccc1)C(=O)NCCSCc1ccc(Cl)cc1. The average molecular weight is 380 g/mol. The summed E-state index contributed by atoms with van der Waals surface area (Å²) in [6.07, 6.45) is 0. The molecule has 2 nitrogen and oxygen atoms in total. The normalized spacial score (nSPS) is 11.9. The molecule has 0 saturated heterocycles. The van der Waals surface area contributed by atoms with E-state index in [1.54, 1.807) is 11.8 Å². The van der Waals surface area contributed by atoms with Crippen LogP contribution in [-0.2, 0) is 16.3 Å². The van der Waals surface area contributed by atoms with Gasteiger partial charge in [0.15, 0.2) is 0 Å². The number of hydrogen-bond acceptors (Lipinski definition) is 3. The molecule has 1 amide bonds. The third-order valence-corrected chi connectivity index (χ3v) is 5.94. The van der Waals surface area contributed by atoms with Crippen LogP contribution in [0.15, 0.2) is 54.6 Å². The minimum atomic E-state index is -0.0357. The molecule has 2 aromatic rings. The molecule has 0 heterocycles. The molecule has 0 aliphatic carbocycles. The van der Waals surface area contributed by atoms with Crippen molar-refractivity contribution in [3.63, 3.8) is 0 Å². The molecule has 2 aromatic carbocycles. The largest absolute Gasteiger partial charge is 0.354 e. The van der Waals surface area contributed by atoms with Gasteiger partial charge in [0, 0.05) is 28.8 Å². The topological polar surface area (TPSA) is 29.1 Å². The highest BCUT2D eigenvalue weighted by Crippen LogP contribution is 2.18. The van der Waals surface area contributed by atoms with Crippen LogP contribution in [0.1, 0.15) is 18.1 Å². The maximum atomic E-state index is 12.1. The predicted octanol–water partition coefficient (Wildman–Crippen LogP) is 5.01. The van der Waals surface area contributed by atoms with Gasteiger partial charge in [-0.3, -0.25) is 4.79 Å². The first-order valence-corrected chi connectivity index (χ1v) is 10.5. The fourth-order valence-electron chi connectivity index (χ4n) is 2.03. The minimum Gasteiger partial charge on any atom is -0.354 e. The van der Waals surface area contributed by atoms with Gasteiger partial charge >= 0.3 is 0 Å². The van der Waals surface area contributed by atoms with Crippen LogP contribution in [-0.4, -0.2) is 23.5 Å². The third kappa shape index (κ3) is 7.20. The highest BCUT2D eigenvalue weighted by Gasteiger charge is 2.12. The molecule has 0 aliphatic rings. The first-order valence-electron chi connectivity index (χ1n) is 7.90. The monoisotopic (exact) mass is 379 g/mol. The van der Waals surface area contributed by atoms with Crippen molar-refractivity contribution >= 4 is 41.0 Å². The molecule has 1 N–H and O–H groups in total. The lowest BCUT2D eigenvalue weighted by atomic mass is 10.2. The summed E-state index contributed by atoms with van der Waals surface area (Å²) in [5, 5.41) is 3.74. The van der Waals surface area contributed by atoms with Gasteiger partial charge in [-0.1, -0.05) is 54.1 Å². The van der Waals surface area contributed by atoms with E-state index in [0.29, 0.717) is 6.54 Å². The second-order valence-corrected chi connectivity index (χ2v) is 8.28. The van der Waals surface area contributed by atoms with E-state index in [2.05, 4.69) is 17.4 Å². The second kappa shape index (κ2) is 10.7. The van der Waals surface area contributed by atoms with E-state index in [1.165, 1.54) is 11.1 Å². The molecule has 0 bridgehead atoms. The molecule has 0 saturated carbocycles. The lowest BCUT2D eigenvalue weighted by Crippen LogP contribution is -2.32. The fraction of sp³-hybridized carbons (Fsp3) is 0.316. The highest BCUT2D eigenvalue weighted by molar-refractivity contribution is 7.99. The lowest BCUT2D eigenvalue weighted by Gasteiger charge is -2.12. The summed E-state index contributed by atoms with van der Waals surface area (Å²) in [4.78, 5) is 12.1. The summed E-state index contributed by atoms with van der Waals surface area (Å²) in [6, 6.07) is 18.1. The number of carbonyl (C=O) groups is 1. The van der Waals surface area contributed by atoms with Crippen LogP contribution >= 0.6 is 35.1 Å². The summed E-state index contributed by atoms with van der Waals surface area (Å²) in [6.45, 7) is 2.66. The van der Waals surface area contributed by atoms with Crippen LogP contribution in [0.4, 0.5) is 0 Å². The third-order valence-electron chi connectivity index (χ3n) is 3.44. The Balaban J connectivity index is 1.57. The highest BCUT2D eigenvalue weighted by atomic mass is 35.5. The maximum Gasteiger partial charge on any atom is 0.232 e. The van der Waals surface area contributed by atoms with Gasteiger partial charge in [-0.2, -0.15) is 11.8 Å². The molecular weight excluding hydrogens is 358 g/mol. The summed E-state index contributed by atoms with van der Waals surface area (Å²) in [5.41, 5.74) is 2.50. The molecular formula is C19H22ClNOS2. The number of rotatable bonds is 9. The number of hydrogen-bond donors (Lipinski definition) is 1. The van der Waals surface area contributed by atoms with Crippen LogP contribution < -0.4 is 5.32 Å². The Morgan fingerprint density at radius 2 is 1.71 bits per heavy atom. The van der Waals surface area contributed by atoms with Crippen molar-refractivity contribution in [2.24, 2.45) is 0 Å². The molecule has 24 heavy (non-hydrogen) atoms. The average Bonchev–Trinajstić information content (AvgIpc) is 2.61. The van der Waals surface area contributed by atoms with E-state index in [0.717, 1.165) is 22.3 Å². The number of benzene rings is 2. The van der Waals surface area contributed by atoms with Gasteiger partial charge in [-0.05, 0) is 30.2 Å². The summed E-state index contributed by atoms with van der Waals surface area (Å²) < 4.78 is 0. The van der Waals surface area contributed by atoms with Crippen LogP contribution in [0, 0.1) is 0 Å². The summed E-state index contributed by atoms with van der Waals surface area (Å²) in [7, 11) is 0. The zero-order chi connectivity index (χ0) is 17.2.